The zero-order valence-electron chi connectivity index (χ0n) is 19.5. The molecule has 2 aromatic carbocycles. The van der Waals surface area contributed by atoms with Crippen molar-refractivity contribution in [3.8, 4) is 0 Å². The Bertz CT molecular complexity index is 901. The first-order chi connectivity index (χ1) is 15.5. The number of methoxy groups -OCH3 is 1. The van der Waals surface area contributed by atoms with Crippen LogP contribution in [0, 0.1) is 29.4 Å². The van der Waals surface area contributed by atoms with E-state index in [-0.39, 0.29) is 0 Å². The molecule has 172 valence electrons. The molecule has 0 spiro atoms. The van der Waals surface area contributed by atoms with Crippen molar-refractivity contribution in [3.05, 3.63) is 70.8 Å². The van der Waals surface area contributed by atoms with Gasteiger partial charge in [-0.3, -0.25) is 0 Å². The van der Waals surface area contributed by atoms with Crippen molar-refractivity contribution in [2.45, 2.75) is 64.2 Å². The number of rotatable bonds is 6. The third kappa shape index (κ3) is 5.67. The molecule has 2 saturated carbocycles. The van der Waals surface area contributed by atoms with Gasteiger partial charge in [-0.2, -0.15) is 0 Å². The quantitative estimate of drug-likeness (QED) is 0.413. The largest absolute Gasteiger partial charge is 0.384 e. The molecule has 0 radical (unpaired) electrons. The van der Waals surface area contributed by atoms with Crippen LogP contribution in [0.25, 0.3) is 11.6 Å². The highest BCUT2D eigenvalue weighted by Crippen LogP contribution is 2.44. The van der Waals surface area contributed by atoms with Crippen LogP contribution in [0.4, 0.5) is 8.78 Å². The van der Waals surface area contributed by atoms with E-state index in [1.807, 2.05) is 20.1 Å². The first-order valence-electron chi connectivity index (χ1n) is 12.3. The van der Waals surface area contributed by atoms with Crippen molar-refractivity contribution in [3.63, 3.8) is 0 Å². The highest BCUT2D eigenvalue weighted by Gasteiger charge is 2.31. The minimum Gasteiger partial charge on any atom is -0.384 e. The van der Waals surface area contributed by atoms with Gasteiger partial charge in [0.1, 0.15) is 0 Å². The Balaban J connectivity index is 1.31. The molecule has 0 saturated heterocycles. The second-order valence-electron chi connectivity index (χ2n) is 9.97. The molecule has 0 atom stereocenters. The van der Waals surface area contributed by atoms with Gasteiger partial charge in [-0.05, 0) is 116 Å². The number of halogens is 2. The second-order valence-corrected chi connectivity index (χ2v) is 9.97. The summed E-state index contributed by atoms with van der Waals surface area (Å²) in [4.78, 5) is 0. The maximum atomic E-state index is 13.5. The van der Waals surface area contributed by atoms with Gasteiger partial charge in [-0.25, -0.2) is 8.78 Å². The van der Waals surface area contributed by atoms with E-state index < -0.39 is 11.6 Å². The standard InChI is InChI=1S/C29H36F2O/c1-20(27-15-16-28(30)29(31)18-27)17-21-3-7-23(8-4-21)25-11-13-26(14-12-25)24-9-5-22(6-10-24)19-32-2/h3-4,7-8,15-18,22,24-26H,5-6,9-14,19H2,1-2H3. The number of ether oxygens (including phenoxy) is 1. The fraction of sp³-hybridized carbons (Fsp3) is 0.517. The molecule has 0 N–H and O–H groups in total. The Hall–Kier alpha value is -2.00. The zero-order valence-corrected chi connectivity index (χ0v) is 19.5. The van der Waals surface area contributed by atoms with Crippen LogP contribution in [0.5, 0.6) is 0 Å². The summed E-state index contributed by atoms with van der Waals surface area (Å²) in [5, 5.41) is 0. The first-order valence-corrected chi connectivity index (χ1v) is 12.3. The summed E-state index contributed by atoms with van der Waals surface area (Å²) in [6.07, 6.45) is 12.8. The lowest BCUT2D eigenvalue weighted by Gasteiger charge is -2.38. The number of hydrogen-bond donors (Lipinski definition) is 0. The van der Waals surface area contributed by atoms with Crippen LogP contribution in [0.2, 0.25) is 0 Å². The fourth-order valence-corrected chi connectivity index (χ4v) is 5.93. The molecular formula is C29H36F2O. The van der Waals surface area contributed by atoms with Gasteiger partial charge in [-0.1, -0.05) is 36.4 Å². The molecule has 0 heterocycles. The van der Waals surface area contributed by atoms with Crippen LogP contribution in [0.15, 0.2) is 42.5 Å². The van der Waals surface area contributed by atoms with Crippen molar-refractivity contribution in [2.75, 3.05) is 13.7 Å². The Morgan fingerprint density at radius 3 is 2.06 bits per heavy atom. The number of benzene rings is 2. The van der Waals surface area contributed by atoms with Gasteiger partial charge >= 0.3 is 0 Å². The minimum absolute atomic E-state index is 0.668. The van der Waals surface area contributed by atoms with Gasteiger partial charge in [-0.15, -0.1) is 0 Å². The van der Waals surface area contributed by atoms with E-state index in [1.54, 1.807) is 6.07 Å². The lowest BCUT2D eigenvalue weighted by atomic mass is 9.68. The molecule has 2 fully saturated rings. The van der Waals surface area contributed by atoms with Crippen LogP contribution in [-0.2, 0) is 4.74 Å². The van der Waals surface area contributed by atoms with Crippen LogP contribution < -0.4 is 0 Å². The third-order valence-electron chi connectivity index (χ3n) is 7.90. The van der Waals surface area contributed by atoms with E-state index in [0.717, 1.165) is 35.5 Å². The highest BCUT2D eigenvalue weighted by molar-refractivity contribution is 5.80. The molecule has 2 aromatic rings. The molecule has 0 bridgehead atoms. The molecule has 4 rings (SSSR count). The molecule has 0 amide bonds. The van der Waals surface area contributed by atoms with Crippen molar-refractivity contribution < 1.29 is 13.5 Å². The molecule has 3 heteroatoms. The lowest BCUT2D eigenvalue weighted by molar-refractivity contribution is 0.0968. The Morgan fingerprint density at radius 1 is 0.844 bits per heavy atom. The van der Waals surface area contributed by atoms with Crippen LogP contribution in [0.1, 0.15) is 80.9 Å². The Morgan fingerprint density at radius 2 is 1.47 bits per heavy atom. The van der Waals surface area contributed by atoms with Gasteiger partial charge in [0.2, 0.25) is 0 Å². The second kappa shape index (κ2) is 10.7. The van der Waals surface area contributed by atoms with Crippen LogP contribution in [-0.4, -0.2) is 13.7 Å². The van der Waals surface area contributed by atoms with E-state index >= 15 is 0 Å². The monoisotopic (exact) mass is 438 g/mol. The fourth-order valence-electron chi connectivity index (χ4n) is 5.93. The summed E-state index contributed by atoms with van der Waals surface area (Å²) < 4.78 is 32.1. The molecule has 0 aromatic heterocycles. The van der Waals surface area contributed by atoms with Gasteiger partial charge in [0.25, 0.3) is 0 Å². The number of allylic oxidation sites excluding steroid dienone is 1. The molecule has 2 aliphatic carbocycles. The summed E-state index contributed by atoms with van der Waals surface area (Å²) in [5.41, 5.74) is 4.17. The Kier molecular flexibility index (Phi) is 7.78. The van der Waals surface area contributed by atoms with Crippen molar-refractivity contribution in [1.82, 2.24) is 0 Å². The third-order valence-corrected chi connectivity index (χ3v) is 7.90. The molecule has 0 unspecified atom stereocenters. The van der Waals surface area contributed by atoms with E-state index in [4.69, 9.17) is 4.74 Å². The molecule has 32 heavy (non-hydrogen) atoms. The minimum atomic E-state index is -0.806. The summed E-state index contributed by atoms with van der Waals surface area (Å²) in [6.45, 7) is 2.87. The predicted molar refractivity (Wildman–Crippen MR) is 128 cm³/mol. The predicted octanol–water partition coefficient (Wildman–Crippen LogP) is 8.25. The molecule has 1 nitrogen and oxygen atoms in total. The maximum absolute atomic E-state index is 13.5. The number of hydrogen-bond acceptors (Lipinski definition) is 1. The van der Waals surface area contributed by atoms with Crippen molar-refractivity contribution >= 4 is 11.6 Å². The van der Waals surface area contributed by atoms with E-state index in [9.17, 15) is 8.78 Å². The van der Waals surface area contributed by atoms with Gasteiger partial charge < -0.3 is 4.74 Å². The van der Waals surface area contributed by atoms with Crippen LogP contribution >= 0.6 is 0 Å². The Labute approximate surface area is 191 Å². The van der Waals surface area contributed by atoms with Gasteiger partial charge in [0, 0.05) is 13.7 Å². The zero-order chi connectivity index (χ0) is 22.5. The first kappa shape index (κ1) is 23.2. The normalized spacial score (nSPS) is 26.8. The smallest absolute Gasteiger partial charge is 0.159 e. The van der Waals surface area contributed by atoms with Gasteiger partial charge in [0.05, 0.1) is 0 Å². The molecule has 0 aliphatic heterocycles. The van der Waals surface area contributed by atoms with E-state index in [0.29, 0.717) is 11.5 Å². The van der Waals surface area contributed by atoms with Crippen molar-refractivity contribution in [2.24, 2.45) is 17.8 Å². The SMILES string of the molecule is COCC1CCC(C2CCC(c3ccc(C=C(C)c4ccc(F)c(F)c4)cc3)CC2)CC1. The topological polar surface area (TPSA) is 9.23 Å². The summed E-state index contributed by atoms with van der Waals surface area (Å²) in [6, 6.07) is 12.9. The average molecular weight is 439 g/mol. The maximum Gasteiger partial charge on any atom is 0.159 e. The van der Waals surface area contributed by atoms with Crippen molar-refractivity contribution in [1.29, 1.82) is 0 Å². The summed E-state index contributed by atoms with van der Waals surface area (Å²) in [5.74, 6) is 1.68. The highest BCUT2D eigenvalue weighted by atomic mass is 19.2. The van der Waals surface area contributed by atoms with Gasteiger partial charge in [0.15, 0.2) is 11.6 Å². The summed E-state index contributed by atoms with van der Waals surface area (Å²) in [7, 11) is 1.82. The molecule has 2 aliphatic rings. The average Bonchev–Trinajstić information content (AvgIpc) is 2.82. The summed E-state index contributed by atoms with van der Waals surface area (Å²) >= 11 is 0. The lowest BCUT2D eigenvalue weighted by Crippen LogP contribution is -2.26. The van der Waals surface area contributed by atoms with E-state index in [2.05, 4.69) is 24.3 Å². The van der Waals surface area contributed by atoms with Crippen LogP contribution in [0.3, 0.4) is 0 Å². The van der Waals surface area contributed by atoms with E-state index in [1.165, 1.54) is 69.1 Å². The molecular weight excluding hydrogens is 402 g/mol.